The standard InChI is InChI=1S/C35H34N4O9/c1-2-3-13-21-36-34(43)37-26-20-22-39(35(44)38-26)29-27(45-30(40)23-14-7-4-8-15-23)28(46-31(41)24-16-9-5-10-17-24)33(47-29)48-32(42)25-18-11-6-12-19-25/h4-12,14-20,22,27-29,33H,2-3,13,21H2,1H3,(H2,36,37,38,43,44)/t27-,28+,29?,33-/m1/s1. The highest BCUT2D eigenvalue weighted by Crippen LogP contribution is 2.35. The molecule has 3 aromatic carbocycles. The molecule has 0 spiro atoms. The molecule has 1 aliphatic heterocycles. The largest absolute Gasteiger partial charge is 0.450 e. The number of rotatable bonds is 12. The number of anilines is 1. The second-order valence-corrected chi connectivity index (χ2v) is 10.7. The van der Waals surface area contributed by atoms with Crippen molar-refractivity contribution in [1.82, 2.24) is 14.9 Å². The van der Waals surface area contributed by atoms with Gasteiger partial charge in [-0.1, -0.05) is 74.4 Å². The molecule has 1 saturated heterocycles. The molecule has 4 atom stereocenters. The molecule has 13 nitrogen and oxygen atoms in total. The molecule has 0 bridgehead atoms. The summed E-state index contributed by atoms with van der Waals surface area (Å²) in [4.78, 5) is 69.4. The average molecular weight is 655 g/mol. The molecule has 248 valence electrons. The van der Waals surface area contributed by atoms with Crippen molar-refractivity contribution in [1.29, 1.82) is 0 Å². The lowest BCUT2D eigenvalue weighted by molar-refractivity contribution is -0.149. The minimum atomic E-state index is -1.62. The third-order valence-corrected chi connectivity index (χ3v) is 7.30. The summed E-state index contributed by atoms with van der Waals surface area (Å²) in [5.41, 5.74) is -0.376. The zero-order chi connectivity index (χ0) is 33.9. The van der Waals surface area contributed by atoms with Crippen LogP contribution in [0.3, 0.4) is 0 Å². The summed E-state index contributed by atoms with van der Waals surface area (Å²) in [6.07, 6.45) is -2.11. The summed E-state index contributed by atoms with van der Waals surface area (Å²) in [6.45, 7) is 2.50. The zero-order valence-corrected chi connectivity index (χ0v) is 26.0. The van der Waals surface area contributed by atoms with E-state index in [1.807, 2.05) is 6.92 Å². The van der Waals surface area contributed by atoms with Crippen molar-refractivity contribution in [2.24, 2.45) is 0 Å². The second kappa shape index (κ2) is 16.1. The van der Waals surface area contributed by atoms with Crippen LogP contribution in [0.1, 0.15) is 63.5 Å². The molecule has 1 aliphatic rings. The van der Waals surface area contributed by atoms with E-state index in [9.17, 15) is 24.0 Å². The van der Waals surface area contributed by atoms with Crippen molar-refractivity contribution in [3.63, 3.8) is 0 Å². The topological polar surface area (TPSA) is 164 Å². The Morgan fingerprint density at radius 3 is 1.77 bits per heavy atom. The first-order chi connectivity index (χ1) is 23.3. The van der Waals surface area contributed by atoms with Crippen molar-refractivity contribution in [2.45, 2.75) is 50.9 Å². The molecule has 1 aromatic heterocycles. The summed E-state index contributed by atoms with van der Waals surface area (Å²) < 4.78 is 24.3. The van der Waals surface area contributed by atoms with Crippen molar-refractivity contribution < 1.29 is 38.1 Å². The van der Waals surface area contributed by atoms with E-state index in [-0.39, 0.29) is 22.5 Å². The Hall–Kier alpha value is -5.82. The quantitative estimate of drug-likeness (QED) is 0.124. The van der Waals surface area contributed by atoms with Crippen molar-refractivity contribution in [3.05, 3.63) is 130 Å². The van der Waals surface area contributed by atoms with Gasteiger partial charge in [-0.15, -0.1) is 0 Å². The molecule has 2 amide bonds. The molecule has 48 heavy (non-hydrogen) atoms. The Balaban J connectivity index is 1.47. The van der Waals surface area contributed by atoms with Crippen LogP contribution in [0.5, 0.6) is 0 Å². The second-order valence-electron chi connectivity index (χ2n) is 10.7. The lowest BCUT2D eigenvalue weighted by Gasteiger charge is -2.24. The van der Waals surface area contributed by atoms with E-state index >= 15 is 0 Å². The number of carbonyl (C=O) groups is 4. The van der Waals surface area contributed by atoms with E-state index in [1.54, 1.807) is 54.6 Å². The fourth-order valence-electron chi connectivity index (χ4n) is 4.87. The summed E-state index contributed by atoms with van der Waals surface area (Å²) in [5.74, 6) is -2.49. The maximum Gasteiger partial charge on any atom is 0.351 e. The third kappa shape index (κ3) is 8.50. The predicted molar refractivity (Wildman–Crippen MR) is 172 cm³/mol. The Labute approximate surface area is 275 Å². The first-order valence-electron chi connectivity index (χ1n) is 15.4. The van der Waals surface area contributed by atoms with Gasteiger partial charge in [0.2, 0.25) is 12.4 Å². The summed E-state index contributed by atoms with van der Waals surface area (Å²) >= 11 is 0. The lowest BCUT2D eigenvalue weighted by Crippen LogP contribution is -2.42. The number of benzene rings is 3. The lowest BCUT2D eigenvalue weighted by atomic mass is 10.1. The van der Waals surface area contributed by atoms with E-state index in [0.717, 1.165) is 23.8 Å². The zero-order valence-electron chi connectivity index (χ0n) is 26.0. The smallest absolute Gasteiger partial charge is 0.351 e. The first kappa shape index (κ1) is 33.5. The molecular formula is C35H34N4O9. The van der Waals surface area contributed by atoms with Crippen LogP contribution >= 0.6 is 0 Å². The summed E-state index contributed by atoms with van der Waals surface area (Å²) in [5, 5.41) is 5.21. The van der Waals surface area contributed by atoms with Gasteiger partial charge in [0, 0.05) is 12.7 Å². The van der Waals surface area contributed by atoms with Gasteiger partial charge in [-0.2, -0.15) is 4.98 Å². The number of nitrogens with zero attached hydrogens (tertiary/aromatic N) is 2. The highest BCUT2D eigenvalue weighted by molar-refractivity contribution is 5.91. The van der Waals surface area contributed by atoms with Crippen LogP contribution in [0.2, 0.25) is 0 Å². The number of unbranched alkanes of at least 4 members (excludes halogenated alkanes) is 2. The van der Waals surface area contributed by atoms with Gasteiger partial charge in [0.05, 0.1) is 16.7 Å². The van der Waals surface area contributed by atoms with E-state index in [2.05, 4.69) is 15.6 Å². The molecule has 13 heteroatoms. The highest BCUT2D eigenvalue weighted by Gasteiger charge is 2.53. The average Bonchev–Trinajstić information content (AvgIpc) is 3.42. The van der Waals surface area contributed by atoms with Gasteiger partial charge < -0.3 is 24.3 Å². The Morgan fingerprint density at radius 1 is 0.729 bits per heavy atom. The number of hydrogen-bond donors (Lipinski definition) is 2. The number of amides is 2. The highest BCUT2D eigenvalue weighted by atomic mass is 16.8. The van der Waals surface area contributed by atoms with E-state index in [1.165, 1.54) is 48.7 Å². The van der Waals surface area contributed by atoms with Crippen LogP contribution in [0.4, 0.5) is 10.6 Å². The Morgan fingerprint density at radius 2 is 1.25 bits per heavy atom. The number of esters is 3. The van der Waals surface area contributed by atoms with Gasteiger partial charge in [-0.05, 0) is 48.9 Å². The van der Waals surface area contributed by atoms with Crippen LogP contribution < -0.4 is 16.3 Å². The number of urea groups is 1. The first-order valence-corrected chi connectivity index (χ1v) is 15.4. The van der Waals surface area contributed by atoms with E-state index in [0.29, 0.717) is 6.54 Å². The van der Waals surface area contributed by atoms with E-state index in [4.69, 9.17) is 18.9 Å². The number of ether oxygens (including phenoxy) is 4. The van der Waals surface area contributed by atoms with Gasteiger partial charge in [0.15, 0.2) is 12.3 Å². The van der Waals surface area contributed by atoms with Crippen LogP contribution in [-0.4, -0.2) is 58.5 Å². The van der Waals surface area contributed by atoms with Gasteiger partial charge in [-0.25, -0.2) is 24.0 Å². The SMILES string of the molecule is CCCCCNC(=O)Nc1ccn(C2O[C@H](OC(=O)c3ccccc3)[C@@H](OC(=O)c3ccccc3)[C@H]2OC(=O)c2ccccc2)c(=O)n1. The number of carbonyl (C=O) groups excluding carboxylic acids is 4. The maximum atomic E-state index is 13.4. The molecule has 0 saturated carbocycles. The van der Waals surface area contributed by atoms with Crippen molar-refractivity contribution in [3.8, 4) is 0 Å². The molecule has 4 aromatic rings. The fourth-order valence-corrected chi connectivity index (χ4v) is 4.87. The van der Waals surface area contributed by atoms with Crippen LogP contribution in [-0.2, 0) is 18.9 Å². The summed E-state index contributed by atoms with van der Waals surface area (Å²) in [6, 6.07) is 24.9. The molecule has 5 rings (SSSR count). The van der Waals surface area contributed by atoms with Gasteiger partial charge >= 0.3 is 29.6 Å². The van der Waals surface area contributed by atoms with Crippen LogP contribution in [0.15, 0.2) is 108 Å². The van der Waals surface area contributed by atoms with Crippen LogP contribution in [0.25, 0.3) is 0 Å². The number of hydrogen-bond acceptors (Lipinski definition) is 10. The molecule has 1 unspecified atom stereocenters. The predicted octanol–water partition coefficient (Wildman–Crippen LogP) is 4.72. The molecule has 2 heterocycles. The minimum Gasteiger partial charge on any atom is -0.450 e. The molecule has 0 aliphatic carbocycles. The minimum absolute atomic E-state index is 0.0424. The van der Waals surface area contributed by atoms with E-state index < -0.39 is 54.4 Å². The molecule has 1 fully saturated rings. The maximum absolute atomic E-state index is 13.4. The molecule has 0 radical (unpaired) electrons. The number of aromatic nitrogens is 2. The Bertz CT molecular complexity index is 1770. The summed E-state index contributed by atoms with van der Waals surface area (Å²) in [7, 11) is 0. The fraction of sp³-hybridized carbons (Fsp3) is 0.257. The number of nitrogens with one attached hydrogen (secondary N) is 2. The molecular weight excluding hydrogens is 620 g/mol. The molecule has 2 N–H and O–H groups in total. The Kier molecular flexibility index (Phi) is 11.3. The van der Waals surface area contributed by atoms with Crippen LogP contribution in [0, 0.1) is 0 Å². The van der Waals surface area contributed by atoms with Gasteiger partial charge in [0.25, 0.3) is 0 Å². The third-order valence-electron chi connectivity index (χ3n) is 7.30. The normalized spacial score (nSPS) is 18.4. The van der Waals surface area contributed by atoms with Crippen molar-refractivity contribution in [2.75, 3.05) is 11.9 Å². The monoisotopic (exact) mass is 654 g/mol. The van der Waals surface area contributed by atoms with Gasteiger partial charge in [0.1, 0.15) is 5.82 Å². The van der Waals surface area contributed by atoms with Crippen molar-refractivity contribution >= 4 is 29.8 Å². The van der Waals surface area contributed by atoms with Gasteiger partial charge in [-0.3, -0.25) is 9.88 Å².